The molecule has 1 rings (SSSR count). The third kappa shape index (κ3) is 3.08. The molecule has 0 atom stereocenters. The minimum Gasteiger partial charge on any atom is -0.329 e. The number of hydrogen-bond donors (Lipinski definition) is 1. The zero-order chi connectivity index (χ0) is 11.5. The normalized spacial score (nSPS) is 21.2. The topological polar surface area (TPSA) is 29.3 Å². The third-order valence-corrected chi connectivity index (χ3v) is 3.34. The van der Waals surface area contributed by atoms with Crippen LogP contribution in [0.3, 0.4) is 0 Å². The summed E-state index contributed by atoms with van der Waals surface area (Å²) in [5.41, 5.74) is 5.26. The van der Waals surface area contributed by atoms with E-state index < -0.39 is 18.3 Å². The predicted molar refractivity (Wildman–Crippen MR) is 53.6 cm³/mol. The van der Waals surface area contributed by atoms with Gasteiger partial charge in [0.1, 0.15) is 0 Å². The van der Waals surface area contributed by atoms with E-state index in [-0.39, 0.29) is 0 Å². The minimum absolute atomic E-state index is 0.330. The number of halogens is 3. The standard InChI is InChI=1S/C10H19F3N2/c1-2-15(8-10(11,12)13)9(7-14)5-3-4-6-9/h2-8,14H2,1H3. The van der Waals surface area contributed by atoms with Gasteiger partial charge in [0.25, 0.3) is 0 Å². The summed E-state index contributed by atoms with van der Waals surface area (Å²) in [5, 5.41) is 0. The van der Waals surface area contributed by atoms with Crippen LogP contribution in [0, 0.1) is 0 Å². The van der Waals surface area contributed by atoms with Crippen molar-refractivity contribution in [2.24, 2.45) is 5.73 Å². The minimum atomic E-state index is -4.12. The van der Waals surface area contributed by atoms with Crippen LogP contribution in [0.25, 0.3) is 0 Å². The maximum atomic E-state index is 12.4. The summed E-state index contributed by atoms with van der Waals surface area (Å²) < 4.78 is 37.1. The molecule has 0 bridgehead atoms. The second-order valence-corrected chi connectivity index (χ2v) is 4.26. The Bertz CT molecular complexity index is 197. The molecule has 0 aromatic heterocycles. The molecule has 2 N–H and O–H groups in total. The lowest BCUT2D eigenvalue weighted by Gasteiger charge is -2.40. The second-order valence-electron chi connectivity index (χ2n) is 4.26. The molecule has 0 unspecified atom stereocenters. The first-order chi connectivity index (χ1) is 6.93. The van der Waals surface area contributed by atoms with Gasteiger partial charge in [-0.05, 0) is 19.4 Å². The molecule has 2 nitrogen and oxygen atoms in total. The Morgan fingerprint density at radius 1 is 1.27 bits per heavy atom. The molecule has 0 aliphatic heterocycles. The highest BCUT2D eigenvalue weighted by Crippen LogP contribution is 2.35. The summed E-state index contributed by atoms with van der Waals surface area (Å²) in [6.07, 6.45) is -0.543. The maximum absolute atomic E-state index is 12.4. The highest BCUT2D eigenvalue weighted by molar-refractivity contribution is 4.96. The Kier molecular flexibility index (Phi) is 4.00. The summed E-state index contributed by atoms with van der Waals surface area (Å²) in [6, 6.07) is 0. The van der Waals surface area contributed by atoms with Gasteiger partial charge in [0.15, 0.2) is 0 Å². The van der Waals surface area contributed by atoms with Crippen LogP contribution in [0.5, 0.6) is 0 Å². The van der Waals surface area contributed by atoms with Crippen LogP contribution < -0.4 is 5.73 Å². The van der Waals surface area contributed by atoms with Crippen molar-refractivity contribution < 1.29 is 13.2 Å². The van der Waals surface area contributed by atoms with Crippen molar-refractivity contribution in [1.82, 2.24) is 4.90 Å². The zero-order valence-electron chi connectivity index (χ0n) is 9.11. The molecule has 0 heterocycles. The first-order valence-corrected chi connectivity index (χ1v) is 5.45. The molecule has 15 heavy (non-hydrogen) atoms. The molecular weight excluding hydrogens is 205 g/mol. The Labute approximate surface area is 88.6 Å². The lowest BCUT2D eigenvalue weighted by molar-refractivity contribution is -0.158. The van der Waals surface area contributed by atoms with Gasteiger partial charge in [-0.2, -0.15) is 13.2 Å². The van der Waals surface area contributed by atoms with Gasteiger partial charge in [-0.15, -0.1) is 0 Å². The number of likely N-dealkylation sites (N-methyl/N-ethyl adjacent to an activating group) is 1. The van der Waals surface area contributed by atoms with Crippen molar-refractivity contribution >= 4 is 0 Å². The molecule has 0 saturated heterocycles. The van der Waals surface area contributed by atoms with E-state index in [0.717, 1.165) is 25.7 Å². The largest absolute Gasteiger partial charge is 0.401 e. The van der Waals surface area contributed by atoms with E-state index in [2.05, 4.69) is 0 Å². The summed E-state index contributed by atoms with van der Waals surface area (Å²) in [7, 11) is 0. The van der Waals surface area contributed by atoms with Gasteiger partial charge < -0.3 is 5.73 Å². The molecule has 0 aromatic rings. The van der Waals surface area contributed by atoms with E-state index in [1.807, 2.05) is 0 Å². The monoisotopic (exact) mass is 224 g/mol. The van der Waals surface area contributed by atoms with Crippen LogP contribution in [0.4, 0.5) is 13.2 Å². The lowest BCUT2D eigenvalue weighted by atomic mass is 9.95. The number of hydrogen-bond acceptors (Lipinski definition) is 2. The van der Waals surface area contributed by atoms with E-state index in [1.54, 1.807) is 6.92 Å². The first-order valence-electron chi connectivity index (χ1n) is 5.45. The van der Waals surface area contributed by atoms with Crippen molar-refractivity contribution in [1.29, 1.82) is 0 Å². The highest BCUT2D eigenvalue weighted by atomic mass is 19.4. The van der Waals surface area contributed by atoms with E-state index >= 15 is 0 Å². The number of nitrogens with zero attached hydrogens (tertiary/aromatic N) is 1. The summed E-state index contributed by atoms with van der Waals surface area (Å²) in [5.74, 6) is 0. The van der Waals surface area contributed by atoms with E-state index in [1.165, 1.54) is 4.90 Å². The molecular formula is C10H19F3N2. The van der Waals surface area contributed by atoms with Gasteiger partial charge in [0, 0.05) is 12.1 Å². The smallest absolute Gasteiger partial charge is 0.329 e. The molecule has 5 heteroatoms. The third-order valence-electron chi connectivity index (χ3n) is 3.34. The molecule has 1 aliphatic rings. The van der Waals surface area contributed by atoms with Crippen LogP contribution in [0.1, 0.15) is 32.6 Å². The average molecular weight is 224 g/mol. The maximum Gasteiger partial charge on any atom is 0.401 e. The second kappa shape index (κ2) is 4.70. The van der Waals surface area contributed by atoms with Crippen LogP contribution in [0.15, 0.2) is 0 Å². The van der Waals surface area contributed by atoms with Crippen molar-refractivity contribution in [2.75, 3.05) is 19.6 Å². The average Bonchev–Trinajstić information content (AvgIpc) is 2.62. The zero-order valence-corrected chi connectivity index (χ0v) is 9.11. The highest BCUT2D eigenvalue weighted by Gasteiger charge is 2.42. The number of rotatable bonds is 4. The van der Waals surface area contributed by atoms with Gasteiger partial charge in [0.2, 0.25) is 0 Å². The summed E-state index contributed by atoms with van der Waals surface area (Å²) in [4.78, 5) is 1.50. The van der Waals surface area contributed by atoms with Gasteiger partial charge >= 0.3 is 6.18 Å². The molecule has 0 amide bonds. The van der Waals surface area contributed by atoms with Crippen molar-refractivity contribution in [3.63, 3.8) is 0 Å². The van der Waals surface area contributed by atoms with Gasteiger partial charge in [-0.1, -0.05) is 19.8 Å². The molecule has 1 fully saturated rings. The van der Waals surface area contributed by atoms with E-state index in [4.69, 9.17) is 5.73 Å². The van der Waals surface area contributed by atoms with Crippen molar-refractivity contribution in [3.8, 4) is 0 Å². The molecule has 0 radical (unpaired) electrons. The Hall–Kier alpha value is -0.290. The van der Waals surface area contributed by atoms with Gasteiger partial charge in [-0.3, -0.25) is 4.90 Å². The number of nitrogens with two attached hydrogens (primary N) is 1. The predicted octanol–water partition coefficient (Wildman–Crippen LogP) is 2.14. The Morgan fingerprint density at radius 3 is 2.13 bits per heavy atom. The van der Waals surface area contributed by atoms with E-state index in [0.29, 0.717) is 13.1 Å². The lowest BCUT2D eigenvalue weighted by Crippen LogP contribution is -2.54. The molecule has 0 aromatic carbocycles. The summed E-state index contributed by atoms with van der Waals surface area (Å²) >= 11 is 0. The van der Waals surface area contributed by atoms with Crippen LogP contribution >= 0.6 is 0 Å². The fraction of sp³-hybridized carbons (Fsp3) is 1.00. The Balaban J connectivity index is 2.71. The van der Waals surface area contributed by atoms with Gasteiger partial charge in [-0.25, -0.2) is 0 Å². The van der Waals surface area contributed by atoms with Crippen molar-refractivity contribution in [3.05, 3.63) is 0 Å². The fourth-order valence-corrected chi connectivity index (χ4v) is 2.51. The fourth-order valence-electron chi connectivity index (χ4n) is 2.51. The van der Waals surface area contributed by atoms with Crippen LogP contribution in [-0.2, 0) is 0 Å². The molecule has 1 aliphatic carbocycles. The quantitative estimate of drug-likeness (QED) is 0.792. The Morgan fingerprint density at radius 2 is 1.80 bits per heavy atom. The van der Waals surface area contributed by atoms with Crippen LogP contribution in [0.2, 0.25) is 0 Å². The van der Waals surface area contributed by atoms with Gasteiger partial charge in [0.05, 0.1) is 6.54 Å². The van der Waals surface area contributed by atoms with Crippen molar-refractivity contribution in [2.45, 2.75) is 44.3 Å². The van der Waals surface area contributed by atoms with E-state index in [9.17, 15) is 13.2 Å². The molecule has 0 spiro atoms. The molecule has 90 valence electrons. The summed E-state index contributed by atoms with van der Waals surface area (Å²) in [6.45, 7) is 1.68. The first kappa shape index (κ1) is 12.8. The number of alkyl halides is 3. The SMILES string of the molecule is CCN(CC(F)(F)F)C1(CN)CCCC1. The molecule has 1 saturated carbocycles. The van der Waals surface area contributed by atoms with Crippen LogP contribution in [-0.4, -0.2) is 36.2 Å².